The predicted molar refractivity (Wildman–Crippen MR) is 75.6 cm³/mol. The van der Waals surface area contributed by atoms with Gasteiger partial charge in [0.1, 0.15) is 6.10 Å². The monoisotopic (exact) mass is 472 g/mol. The molecule has 6 heteroatoms. The van der Waals surface area contributed by atoms with Gasteiger partial charge in [-0.1, -0.05) is 6.58 Å². The molecule has 0 N–H and O–H groups in total. The second-order valence-electron chi connectivity index (χ2n) is 3.11. The molecule has 2 nitrogen and oxygen atoms in total. The Hall–Kier alpha value is 0.350. The molecule has 1 aromatic carbocycles. The van der Waals surface area contributed by atoms with Crippen LogP contribution in [0.1, 0.15) is 22.0 Å². The van der Waals surface area contributed by atoms with Crippen molar-refractivity contribution in [2.75, 3.05) is 0 Å². The summed E-state index contributed by atoms with van der Waals surface area (Å²) >= 11 is 13.7. The van der Waals surface area contributed by atoms with Crippen LogP contribution in [0.5, 0.6) is 0 Å². The smallest absolute Gasteiger partial charge is 0.340 e. The van der Waals surface area contributed by atoms with Gasteiger partial charge in [-0.25, -0.2) is 4.79 Å². The van der Waals surface area contributed by atoms with Crippen molar-refractivity contribution < 1.29 is 9.53 Å². The highest BCUT2D eigenvalue weighted by atomic mass is 79.9. The molecule has 0 aromatic heterocycles. The molecule has 0 saturated heterocycles. The lowest BCUT2D eigenvalue weighted by Crippen LogP contribution is -1.96. The first-order chi connectivity index (χ1) is 7.49. The summed E-state index contributed by atoms with van der Waals surface area (Å²) in [5.74, 6) is -0.347. The van der Waals surface area contributed by atoms with Gasteiger partial charge in [0.2, 0.25) is 0 Å². The van der Waals surface area contributed by atoms with Crippen LogP contribution < -0.4 is 0 Å². The van der Waals surface area contributed by atoms with Gasteiger partial charge in [0.25, 0.3) is 0 Å². The lowest BCUT2D eigenvalue weighted by molar-refractivity contribution is 0.0467. The molecule has 0 saturated carbocycles. The summed E-state index contributed by atoms with van der Waals surface area (Å²) in [5.41, 5.74) is 1.33. The van der Waals surface area contributed by atoms with E-state index >= 15 is 0 Å². The van der Waals surface area contributed by atoms with Crippen molar-refractivity contribution in [2.24, 2.45) is 0 Å². The first-order valence-corrected chi connectivity index (χ1v) is 7.35. The first kappa shape index (κ1) is 12.8. The molecule has 0 bridgehead atoms. The third-order valence-corrected chi connectivity index (χ3v) is 7.04. The number of hydrogen-bond donors (Lipinski definition) is 0. The molecule has 0 radical (unpaired) electrons. The molecule has 16 heavy (non-hydrogen) atoms. The van der Waals surface area contributed by atoms with Crippen LogP contribution in [0.15, 0.2) is 30.5 Å². The molecule has 1 aliphatic heterocycles. The predicted octanol–water partition coefficient (Wildman–Crippen LogP) is 5.13. The summed E-state index contributed by atoms with van der Waals surface area (Å²) < 4.78 is 8.29. The minimum atomic E-state index is -0.405. The Morgan fingerprint density at radius 1 is 1.06 bits per heavy atom. The number of cyclic esters (lactones) is 1. The molecule has 1 atom stereocenters. The van der Waals surface area contributed by atoms with Crippen LogP contribution in [0.25, 0.3) is 0 Å². The Balaban J connectivity index is 2.85. The Morgan fingerprint density at radius 2 is 1.62 bits per heavy atom. The van der Waals surface area contributed by atoms with Crippen LogP contribution in [-0.4, -0.2) is 5.97 Å². The van der Waals surface area contributed by atoms with Crippen molar-refractivity contribution in [1.82, 2.24) is 0 Å². The zero-order valence-corrected chi connectivity index (χ0v) is 14.0. The van der Waals surface area contributed by atoms with E-state index in [1.807, 2.05) is 0 Å². The van der Waals surface area contributed by atoms with E-state index in [1.165, 1.54) is 0 Å². The van der Waals surface area contributed by atoms with E-state index in [0.29, 0.717) is 10.0 Å². The average molecular weight is 476 g/mol. The molecule has 84 valence electrons. The van der Waals surface area contributed by atoms with Gasteiger partial charge in [-0.2, -0.15) is 0 Å². The minimum absolute atomic E-state index is 0.347. The summed E-state index contributed by atoms with van der Waals surface area (Å²) in [6.45, 7) is 3.66. The van der Waals surface area contributed by atoms with E-state index in [0.717, 1.165) is 19.0 Å². The summed E-state index contributed by atoms with van der Waals surface area (Å²) in [6.07, 6.45) is 1.19. The molecule has 0 fully saturated rings. The normalized spacial score (nSPS) is 18.2. The summed E-state index contributed by atoms with van der Waals surface area (Å²) in [4.78, 5) is 11.7. The number of benzene rings is 1. The quantitative estimate of drug-likeness (QED) is 0.243. The summed E-state index contributed by atoms with van der Waals surface area (Å²) in [5, 5.41) is 0. The van der Waals surface area contributed by atoms with Gasteiger partial charge in [-0.05, 0) is 69.8 Å². The maximum absolute atomic E-state index is 11.7. The average Bonchev–Trinajstić information content (AvgIpc) is 2.60. The highest BCUT2D eigenvalue weighted by Gasteiger charge is 2.35. The third kappa shape index (κ3) is 1.74. The van der Waals surface area contributed by atoms with E-state index in [-0.39, 0.29) is 5.97 Å². The Bertz CT molecular complexity index is 510. The van der Waals surface area contributed by atoms with E-state index in [9.17, 15) is 4.79 Å². The summed E-state index contributed by atoms with van der Waals surface area (Å²) in [6, 6.07) is 0. The van der Waals surface area contributed by atoms with Gasteiger partial charge in [-0.15, -0.1) is 0 Å². The first-order valence-electron chi connectivity index (χ1n) is 4.18. The van der Waals surface area contributed by atoms with E-state index in [4.69, 9.17) is 4.74 Å². The number of rotatable bonds is 1. The molecule has 0 aliphatic carbocycles. The van der Waals surface area contributed by atoms with Crippen molar-refractivity contribution in [1.29, 1.82) is 0 Å². The van der Waals surface area contributed by atoms with Crippen molar-refractivity contribution in [3.05, 3.63) is 41.7 Å². The highest BCUT2D eigenvalue weighted by molar-refractivity contribution is 9.15. The lowest BCUT2D eigenvalue weighted by Gasteiger charge is -2.10. The Labute approximate surface area is 126 Å². The van der Waals surface area contributed by atoms with Gasteiger partial charge in [0, 0.05) is 23.5 Å². The number of esters is 1. The summed E-state index contributed by atoms with van der Waals surface area (Å²) in [7, 11) is 0. The maximum Gasteiger partial charge on any atom is 0.340 e. The van der Waals surface area contributed by atoms with Gasteiger partial charge < -0.3 is 4.74 Å². The number of ether oxygens (including phenoxy) is 1. The SMILES string of the molecule is C=CC1OC(=O)c2c(Br)c(Br)c(Br)c(Br)c21. The van der Waals surface area contributed by atoms with Crippen molar-refractivity contribution in [3.8, 4) is 0 Å². The standard InChI is InChI=1S/C10H4Br4O2/c1-2-3-4-5(10(15)16-3)7(12)9(14)8(13)6(4)11/h2-3H,1H2. The van der Waals surface area contributed by atoms with Gasteiger partial charge in [0.05, 0.1) is 5.56 Å². The molecule has 0 spiro atoms. The van der Waals surface area contributed by atoms with Crippen LogP contribution in [0.4, 0.5) is 0 Å². The van der Waals surface area contributed by atoms with Crippen LogP contribution in [0.2, 0.25) is 0 Å². The molecule has 1 unspecified atom stereocenters. The number of hydrogen-bond acceptors (Lipinski definition) is 2. The molecule has 1 aliphatic rings. The molecular weight excluding hydrogens is 472 g/mol. The zero-order chi connectivity index (χ0) is 12.0. The number of carbonyl (C=O) groups excluding carboxylic acids is 1. The molecule has 1 aromatic rings. The zero-order valence-electron chi connectivity index (χ0n) is 7.69. The highest BCUT2D eigenvalue weighted by Crippen LogP contribution is 2.48. The van der Waals surface area contributed by atoms with Crippen LogP contribution in [0.3, 0.4) is 0 Å². The largest absolute Gasteiger partial charge is 0.450 e. The number of carbonyl (C=O) groups is 1. The Kier molecular flexibility index (Phi) is 3.64. The van der Waals surface area contributed by atoms with Gasteiger partial charge in [-0.3, -0.25) is 0 Å². The topological polar surface area (TPSA) is 26.3 Å². The molecule has 1 heterocycles. The Morgan fingerprint density at radius 3 is 2.19 bits per heavy atom. The van der Waals surface area contributed by atoms with Crippen LogP contribution in [0, 0.1) is 0 Å². The minimum Gasteiger partial charge on any atom is -0.450 e. The van der Waals surface area contributed by atoms with E-state index in [1.54, 1.807) is 6.08 Å². The van der Waals surface area contributed by atoms with Gasteiger partial charge in [0.15, 0.2) is 0 Å². The van der Waals surface area contributed by atoms with E-state index in [2.05, 4.69) is 70.3 Å². The fourth-order valence-corrected chi connectivity index (χ4v) is 4.05. The number of fused-ring (bicyclic) bond motifs is 1. The fourth-order valence-electron chi connectivity index (χ4n) is 1.51. The second kappa shape index (κ2) is 4.55. The maximum atomic E-state index is 11.7. The molecular formula is C10H4Br4O2. The van der Waals surface area contributed by atoms with Crippen molar-refractivity contribution in [3.63, 3.8) is 0 Å². The fraction of sp³-hybridized carbons (Fsp3) is 0.100. The number of halogens is 4. The third-order valence-electron chi connectivity index (χ3n) is 2.24. The van der Waals surface area contributed by atoms with Crippen molar-refractivity contribution in [2.45, 2.75) is 6.10 Å². The molecule has 0 amide bonds. The van der Waals surface area contributed by atoms with E-state index < -0.39 is 6.10 Å². The van der Waals surface area contributed by atoms with Crippen LogP contribution >= 0.6 is 63.7 Å². The van der Waals surface area contributed by atoms with Gasteiger partial charge >= 0.3 is 5.97 Å². The molecule has 2 rings (SSSR count). The second-order valence-corrected chi connectivity index (χ2v) is 6.28. The van der Waals surface area contributed by atoms with Crippen LogP contribution in [-0.2, 0) is 4.74 Å². The lowest BCUT2D eigenvalue weighted by atomic mass is 10.1. The van der Waals surface area contributed by atoms with Crippen molar-refractivity contribution >= 4 is 69.7 Å².